The molecule has 1 amide bonds. The summed E-state index contributed by atoms with van der Waals surface area (Å²) in [5.74, 6) is 1.01. The number of amides is 1. The SMILES string of the molecule is CC(C)(C)c1cc(NC(=O)c2coc(CN)c2)n(C(C)(C)C)n1.Cl. The van der Waals surface area contributed by atoms with E-state index in [-0.39, 0.29) is 35.8 Å². The fraction of sp³-hybridized carbons (Fsp3) is 0.529. The number of nitrogens with two attached hydrogens (primary N) is 1. The lowest BCUT2D eigenvalue weighted by molar-refractivity contribution is 0.102. The molecule has 3 N–H and O–H groups in total. The molecule has 0 atom stereocenters. The van der Waals surface area contributed by atoms with Gasteiger partial charge >= 0.3 is 0 Å². The second kappa shape index (κ2) is 6.99. The standard InChI is InChI=1S/C17H26N4O2.ClH/c1-16(2,3)13-8-14(21(20-13)17(4,5)6)19-15(22)11-7-12(9-18)23-10-11;/h7-8,10H,9,18H2,1-6H3,(H,19,22);1H. The number of hydrogen-bond donors (Lipinski definition) is 2. The van der Waals surface area contributed by atoms with Crippen molar-refractivity contribution in [1.82, 2.24) is 9.78 Å². The number of carbonyl (C=O) groups excluding carboxylic acids is 1. The molecule has 0 radical (unpaired) electrons. The van der Waals surface area contributed by atoms with Crippen LogP contribution in [-0.4, -0.2) is 15.7 Å². The van der Waals surface area contributed by atoms with Crippen molar-refractivity contribution in [1.29, 1.82) is 0 Å². The summed E-state index contributed by atoms with van der Waals surface area (Å²) >= 11 is 0. The Hall–Kier alpha value is -1.79. The minimum Gasteiger partial charge on any atom is -0.467 e. The number of nitrogens with one attached hydrogen (secondary N) is 1. The predicted molar refractivity (Wildman–Crippen MR) is 97.7 cm³/mol. The molecule has 24 heavy (non-hydrogen) atoms. The molecule has 134 valence electrons. The van der Waals surface area contributed by atoms with Gasteiger partial charge in [0.2, 0.25) is 0 Å². The van der Waals surface area contributed by atoms with Crippen molar-refractivity contribution in [3.8, 4) is 0 Å². The Labute approximate surface area is 149 Å². The van der Waals surface area contributed by atoms with E-state index in [0.717, 1.165) is 5.69 Å². The normalized spacial score (nSPS) is 12.0. The van der Waals surface area contributed by atoms with Crippen LogP contribution in [0.4, 0.5) is 5.82 Å². The van der Waals surface area contributed by atoms with Gasteiger partial charge in [-0.15, -0.1) is 12.4 Å². The monoisotopic (exact) mass is 354 g/mol. The number of anilines is 1. The number of carbonyl (C=O) groups is 1. The third-order valence-corrected chi connectivity index (χ3v) is 3.47. The van der Waals surface area contributed by atoms with Crippen molar-refractivity contribution in [3.05, 3.63) is 35.4 Å². The summed E-state index contributed by atoms with van der Waals surface area (Å²) in [6, 6.07) is 3.57. The molecule has 0 aromatic carbocycles. The van der Waals surface area contributed by atoms with Gasteiger partial charge < -0.3 is 15.5 Å². The average Bonchev–Trinajstić information content (AvgIpc) is 3.03. The van der Waals surface area contributed by atoms with Gasteiger partial charge in [0.1, 0.15) is 17.8 Å². The van der Waals surface area contributed by atoms with Crippen molar-refractivity contribution >= 4 is 24.1 Å². The molecule has 0 fully saturated rings. The van der Waals surface area contributed by atoms with E-state index in [0.29, 0.717) is 17.1 Å². The van der Waals surface area contributed by atoms with E-state index in [1.165, 1.54) is 6.26 Å². The Balaban J connectivity index is 0.00000288. The molecule has 0 aliphatic heterocycles. The van der Waals surface area contributed by atoms with Gasteiger partial charge in [0.05, 0.1) is 23.3 Å². The van der Waals surface area contributed by atoms with Crippen LogP contribution in [0.5, 0.6) is 0 Å². The van der Waals surface area contributed by atoms with Crippen LogP contribution in [0, 0.1) is 0 Å². The molecule has 2 aromatic heterocycles. The molecule has 0 saturated carbocycles. The van der Waals surface area contributed by atoms with Crippen molar-refractivity contribution in [3.63, 3.8) is 0 Å². The summed E-state index contributed by atoms with van der Waals surface area (Å²) in [5, 5.41) is 7.60. The molecule has 0 aliphatic rings. The molecular weight excluding hydrogens is 328 g/mol. The lowest BCUT2D eigenvalue weighted by Gasteiger charge is -2.22. The van der Waals surface area contributed by atoms with Gasteiger partial charge in [0.25, 0.3) is 5.91 Å². The fourth-order valence-electron chi connectivity index (χ4n) is 2.14. The molecule has 2 aromatic rings. The van der Waals surface area contributed by atoms with Crippen LogP contribution in [0.15, 0.2) is 22.8 Å². The van der Waals surface area contributed by atoms with E-state index < -0.39 is 0 Å². The zero-order chi connectivity index (χ0) is 17.4. The van der Waals surface area contributed by atoms with Gasteiger partial charge in [-0.25, -0.2) is 4.68 Å². The molecule has 2 rings (SSSR count). The topological polar surface area (TPSA) is 86.1 Å². The summed E-state index contributed by atoms with van der Waals surface area (Å²) in [6.07, 6.45) is 1.42. The van der Waals surface area contributed by atoms with E-state index in [9.17, 15) is 4.79 Å². The zero-order valence-electron chi connectivity index (χ0n) is 15.1. The summed E-state index contributed by atoms with van der Waals surface area (Å²) in [4.78, 5) is 12.4. The minimum absolute atomic E-state index is 0. The maximum Gasteiger partial charge on any atom is 0.260 e. The van der Waals surface area contributed by atoms with Gasteiger partial charge in [0.15, 0.2) is 0 Å². The number of nitrogens with zero attached hydrogens (tertiary/aromatic N) is 2. The molecule has 7 heteroatoms. The third kappa shape index (κ3) is 4.39. The highest BCUT2D eigenvalue weighted by atomic mass is 35.5. The van der Waals surface area contributed by atoms with Gasteiger partial charge in [-0.05, 0) is 26.8 Å². The third-order valence-electron chi connectivity index (χ3n) is 3.47. The van der Waals surface area contributed by atoms with Crippen LogP contribution in [0.3, 0.4) is 0 Å². The van der Waals surface area contributed by atoms with Gasteiger partial charge in [-0.2, -0.15) is 5.10 Å². The highest BCUT2D eigenvalue weighted by molar-refractivity contribution is 6.03. The first-order valence-electron chi connectivity index (χ1n) is 7.72. The summed E-state index contributed by atoms with van der Waals surface area (Å²) < 4.78 is 7.06. The first kappa shape index (κ1) is 20.3. The van der Waals surface area contributed by atoms with Crippen LogP contribution >= 0.6 is 12.4 Å². The second-order valence-corrected chi connectivity index (χ2v) is 7.71. The van der Waals surface area contributed by atoms with E-state index in [1.54, 1.807) is 6.07 Å². The van der Waals surface area contributed by atoms with Crippen LogP contribution in [-0.2, 0) is 17.5 Å². The molecule has 0 saturated heterocycles. The van der Waals surface area contributed by atoms with Crippen molar-refractivity contribution < 1.29 is 9.21 Å². The second-order valence-electron chi connectivity index (χ2n) is 7.71. The Morgan fingerprint density at radius 2 is 1.88 bits per heavy atom. The number of hydrogen-bond acceptors (Lipinski definition) is 4. The number of halogens is 1. The summed E-state index contributed by atoms with van der Waals surface area (Å²) in [5.41, 5.74) is 6.54. The lowest BCUT2D eigenvalue weighted by atomic mass is 9.92. The van der Waals surface area contributed by atoms with Crippen molar-refractivity contribution in [2.75, 3.05) is 5.32 Å². The highest BCUT2D eigenvalue weighted by Gasteiger charge is 2.26. The number of furan rings is 1. The minimum atomic E-state index is -0.245. The Morgan fingerprint density at radius 3 is 2.33 bits per heavy atom. The zero-order valence-corrected chi connectivity index (χ0v) is 16.0. The van der Waals surface area contributed by atoms with Crippen LogP contribution in [0.25, 0.3) is 0 Å². The van der Waals surface area contributed by atoms with E-state index >= 15 is 0 Å². The smallest absolute Gasteiger partial charge is 0.260 e. The first-order valence-corrected chi connectivity index (χ1v) is 7.72. The van der Waals surface area contributed by atoms with E-state index in [2.05, 4.69) is 31.2 Å². The molecular formula is C17H27ClN4O2. The number of rotatable bonds is 3. The maximum atomic E-state index is 12.4. The quantitative estimate of drug-likeness (QED) is 0.880. The Morgan fingerprint density at radius 1 is 1.25 bits per heavy atom. The fourth-order valence-corrected chi connectivity index (χ4v) is 2.14. The van der Waals surface area contributed by atoms with E-state index in [4.69, 9.17) is 10.2 Å². The first-order chi connectivity index (χ1) is 10.5. The van der Waals surface area contributed by atoms with Gasteiger partial charge in [-0.3, -0.25) is 4.79 Å². The summed E-state index contributed by atoms with van der Waals surface area (Å²) in [6.45, 7) is 12.7. The lowest BCUT2D eigenvalue weighted by Crippen LogP contribution is -2.27. The highest BCUT2D eigenvalue weighted by Crippen LogP contribution is 2.28. The molecule has 6 nitrogen and oxygen atoms in total. The van der Waals surface area contributed by atoms with Crippen LogP contribution in [0.1, 0.15) is 63.4 Å². The maximum absolute atomic E-state index is 12.4. The van der Waals surface area contributed by atoms with Gasteiger partial charge in [0, 0.05) is 11.5 Å². The molecule has 0 spiro atoms. The molecule has 2 heterocycles. The average molecular weight is 355 g/mol. The molecule has 0 unspecified atom stereocenters. The van der Waals surface area contributed by atoms with Crippen molar-refractivity contribution in [2.45, 2.75) is 59.0 Å². The van der Waals surface area contributed by atoms with Crippen LogP contribution in [0.2, 0.25) is 0 Å². The Kier molecular flexibility index (Phi) is 5.90. The van der Waals surface area contributed by atoms with Crippen molar-refractivity contribution in [2.24, 2.45) is 5.73 Å². The molecule has 0 bridgehead atoms. The summed E-state index contributed by atoms with van der Waals surface area (Å²) in [7, 11) is 0. The number of aromatic nitrogens is 2. The van der Waals surface area contributed by atoms with E-state index in [1.807, 2.05) is 31.5 Å². The van der Waals surface area contributed by atoms with Crippen LogP contribution < -0.4 is 11.1 Å². The molecule has 0 aliphatic carbocycles. The van der Waals surface area contributed by atoms with Gasteiger partial charge in [-0.1, -0.05) is 20.8 Å². The predicted octanol–water partition coefficient (Wildman–Crippen LogP) is 3.66. The Bertz CT molecular complexity index is 705. The largest absolute Gasteiger partial charge is 0.467 e.